The molecule has 2 aromatic carbocycles. The lowest BCUT2D eigenvalue weighted by Gasteiger charge is -2.09. The van der Waals surface area contributed by atoms with Crippen molar-refractivity contribution >= 4 is 11.8 Å². The number of aryl methyl sites for hydroxylation is 1. The van der Waals surface area contributed by atoms with Crippen LogP contribution in [0.4, 0.5) is 0 Å². The molecule has 1 aliphatic heterocycles. The van der Waals surface area contributed by atoms with E-state index in [1.54, 1.807) is 11.8 Å². The van der Waals surface area contributed by atoms with Crippen molar-refractivity contribution in [3.05, 3.63) is 66.5 Å². The second-order valence-electron chi connectivity index (χ2n) is 6.55. The molecule has 0 radical (unpaired) electrons. The van der Waals surface area contributed by atoms with E-state index >= 15 is 0 Å². The standard InChI is InChI=1S/C21H18N6OS/c1-3-8-15(9-4-1)18-19(16-10-5-2-6-11-16)24-25-20(23-18)28-14-17-22-21-27(26-17)12-7-13-29-21/h1-6,8-11H,7,12-14H2. The van der Waals surface area contributed by atoms with Gasteiger partial charge in [-0.3, -0.25) is 0 Å². The van der Waals surface area contributed by atoms with Gasteiger partial charge < -0.3 is 4.74 Å². The van der Waals surface area contributed by atoms with E-state index in [9.17, 15) is 0 Å². The highest BCUT2D eigenvalue weighted by Crippen LogP contribution is 2.29. The Hall–Kier alpha value is -3.26. The van der Waals surface area contributed by atoms with Gasteiger partial charge in [0.15, 0.2) is 17.6 Å². The van der Waals surface area contributed by atoms with Crippen LogP contribution in [0.15, 0.2) is 65.8 Å². The highest BCUT2D eigenvalue weighted by atomic mass is 32.2. The number of nitrogens with zero attached hydrogens (tertiary/aromatic N) is 6. The van der Waals surface area contributed by atoms with Crippen LogP contribution in [-0.4, -0.2) is 35.7 Å². The molecule has 0 saturated heterocycles. The van der Waals surface area contributed by atoms with Crippen LogP contribution in [0.1, 0.15) is 12.2 Å². The molecule has 0 unspecified atom stereocenters. The summed E-state index contributed by atoms with van der Waals surface area (Å²) in [7, 11) is 0. The fourth-order valence-corrected chi connectivity index (χ4v) is 4.06. The molecule has 0 fully saturated rings. The first-order valence-electron chi connectivity index (χ1n) is 9.42. The fourth-order valence-electron chi connectivity index (χ4n) is 3.15. The number of hydrogen-bond donors (Lipinski definition) is 0. The maximum Gasteiger partial charge on any atom is 0.336 e. The molecule has 0 amide bonds. The zero-order valence-electron chi connectivity index (χ0n) is 15.6. The number of aromatic nitrogens is 6. The molecule has 5 rings (SSSR count). The fraction of sp³-hybridized carbons (Fsp3) is 0.190. The summed E-state index contributed by atoms with van der Waals surface area (Å²) in [6, 6.07) is 20.1. The molecule has 29 heavy (non-hydrogen) atoms. The third kappa shape index (κ3) is 3.84. The Kier molecular flexibility index (Phi) is 4.92. The second-order valence-corrected chi connectivity index (χ2v) is 7.61. The number of benzene rings is 2. The predicted octanol–water partition coefficient (Wildman–Crippen LogP) is 3.87. The van der Waals surface area contributed by atoms with Crippen molar-refractivity contribution in [3.63, 3.8) is 0 Å². The number of rotatable bonds is 5. The predicted molar refractivity (Wildman–Crippen MR) is 110 cm³/mol. The van der Waals surface area contributed by atoms with Crippen molar-refractivity contribution in [1.29, 1.82) is 0 Å². The first kappa shape index (κ1) is 17.8. The molecule has 0 bridgehead atoms. The Morgan fingerprint density at radius 3 is 2.31 bits per heavy atom. The van der Waals surface area contributed by atoms with Crippen LogP contribution in [0.3, 0.4) is 0 Å². The van der Waals surface area contributed by atoms with Crippen LogP contribution in [0.2, 0.25) is 0 Å². The van der Waals surface area contributed by atoms with Gasteiger partial charge in [0, 0.05) is 23.4 Å². The van der Waals surface area contributed by atoms with Crippen molar-refractivity contribution in [1.82, 2.24) is 29.9 Å². The Balaban J connectivity index is 1.44. The van der Waals surface area contributed by atoms with Crippen LogP contribution in [0.25, 0.3) is 22.5 Å². The molecule has 0 N–H and O–H groups in total. The summed E-state index contributed by atoms with van der Waals surface area (Å²) in [5.41, 5.74) is 3.36. The molecule has 144 valence electrons. The molecule has 4 aromatic rings. The zero-order valence-corrected chi connectivity index (χ0v) is 16.4. The van der Waals surface area contributed by atoms with E-state index in [4.69, 9.17) is 4.74 Å². The molecule has 0 saturated carbocycles. The largest absolute Gasteiger partial charge is 0.454 e. The Labute approximate surface area is 172 Å². The molecular formula is C21H18N6OS. The van der Waals surface area contributed by atoms with Gasteiger partial charge in [0.05, 0.1) is 0 Å². The monoisotopic (exact) mass is 402 g/mol. The van der Waals surface area contributed by atoms with Crippen molar-refractivity contribution in [3.8, 4) is 28.5 Å². The van der Waals surface area contributed by atoms with Gasteiger partial charge in [0.1, 0.15) is 11.4 Å². The lowest BCUT2D eigenvalue weighted by atomic mass is 10.0. The second kappa shape index (κ2) is 8.00. The average Bonchev–Trinajstić information content (AvgIpc) is 3.22. The summed E-state index contributed by atoms with van der Waals surface area (Å²) in [5.74, 6) is 1.71. The first-order valence-corrected chi connectivity index (χ1v) is 10.4. The van der Waals surface area contributed by atoms with E-state index in [1.165, 1.54) is 0 Å². The van der Waals surface area contributed by atoms with Crippen molar-refractivity contribution in [2.75, 3.05) is 5.75 Å². The Morgan fingerprint density at radius 2 is 1.59 bits per heavy atom. The van der Waals surface area contributed by atoms with E-state index in [0.717, 1.165) is 46.4 Å². The number of fused-ring (bicyclic) bond motifs is 1. The van der Waals surface area contributed by atoms with Gasteiger partial charge in [0.2, 0.25) is 0 Å². The maximum absolute atomic E-state index is 5.79. The van der Waals surface area contributed by atoms with Gasteiger partial charge in [-0.1, -0.05) is 77.5 Å². The molecule has 0 aliphatic carbocycles. The summed E-state index contributed by atoms with van der Waals surface area (Å²) >= 11 is 1.72. The highest BCUT2D eigenvalue weighted by molar-refractivity contribution is 7.99. The van der Waals surface area contributed by atoms with Crippen LogP contribution in [-0.2, 0) is 13.2 Å². The first-order chi connectivity index (χ1) is 14.4. The van der Waals surface area contributed by atoms with Crippen LogP contribution in [0.5, 0.6) is 6.01 Å². The Bertz CT molecular complexity index is 1090. The number of ether oxygens (including phenoxy) is 1. The highest BCUT2D eigenvalue weighted by Gasteiger charge is 2.17. The van der Waals surface area contributed by atoms with Crippen LogP contribution in [0, 0.1) is 0 Å². The van der Waals surface area contributed by atoms with Gasteiger partial charge >= 0.3 is 6.01 Å². The molecule has 2 aromatic heterocycles. The van der Waals surface area contributed by atoms with Gasteiger partial charge in [-0.2, -0.15) is 10.1 Å². The summed E-state index contributed by atoms with van der Waals surface area (Å²) in [6.45, 7) is 1.11. The molecule has 3 heterocycles. The van der Waals surface area contributed by atoms with Crippen LogP contribution >= 0.6 is 11.8 Å². The third-order valence-electron chi connectivity index (χ3n) is 4.52. The third-order valence-corrected chi connectivity index (χ3v) is 5.57. The normalized spacial score (nSPS) is 13.1. The number of thioether (sulfide) groups is 1. The van der Waals surface area contributed by atoms with Gasteiger partial charge in [-0.15, -0.1) is 5.10 Å². The lowest BCUT2D eigenvalue weighted by molar-refractivity contribution is 0.267. The van der Waals surface area contributed by atoms with Gasteiger partial charge in [-0.25, -0.2) is 9.67 Å². The topological polar surface area (TPSA) is 78.6 Å². The molecule has 0 atom stereocenters. The van der Waals surface area contributed by atoms with Crippen molar-refractivity contribution < 1.29 is 4.74 Å². The summed E-state index contributed by atoms with van der Waals surface area (Å²) < 4.78 is 7.72. The van der Waals surface area contributed by atoms with E-state index in [0.29, 0.717) is 5.82 Å². The quantitative estimate of drug-likeness (QED) is 0.501. The summed E-state index contributed by atoms with van der Waals surface area (Å²) in [4.78, 5) is 9.18. The average molecular weight is 402 g/mol. The van der Waals surface area contributed by atoms with Crippen molar-refractivity contribution in [2.45, 2.75) is 24.7 Å². The lowest BCUT2D eigenvalue weighted by Crippen LogP contribution is -2.08. The van der Waals surface area contributed by atoms with Gasteiger partial charge in [0.25, 0.3) is 0 Å². The summed E-state index contributed by atoms with van der Waals surface area (Å²) in [5, 5.41) is 14.0. The van der Waals surface area contributed by atoms with Crippen LogP contribution < -0.4 is 4.74 Å². The Morgan fingerprint density at radius 1 is 0.862 bits per heavy atom. The minimum Gasteiger partial charge on any atom is -0.454 e. The van der Waals surface area contributed by atoms with E-state index in [-0.39, 0.29) is 12.6 Å². The minimum absolute atomic E-state index is 0.209. The molecule has 7 nitrogen and oxygen atoms in total. The SMILES string of the molecule is c1ccc(-c2nnc(OCc3nc4n(n3)CCCS4)nc2-c2ccccc2)cc1. The van der Waals surface area contributed by atoms with E-state index in [1.807, 2.05) is 65.3 Å². The number of hydrogen-bond acceptors (Lipinski definition) is 7. The zero-order chi connectivity index (χ0) is 19.5. The van der Waals surface area contributed by atoms with Crippen molar-refractivity contribution in [2.24, 2.45) is 0 Å². The summed E-state index contributed by atoms with van der Waals surface area (Å²) in [6.07, 6.45) is 1.11. The minimum atomic E-state index is 0.209. The maximum atomic E-state index is 5.79. The van der Waals surface area contributed by atoms with E-state index < -0.39 is 0 Å². The molecule has 1 aliphatic rings. The smallest absolute Gasteiger partial charge is 0.336 e. The molecule has 0 spiro atoms. The molecular weight excluding hydrogens is 384 g/mol. The van der Waals surface area contributed by atoms with E-state index in [2.05, 4.69) is 25.3 Å². The molecule has 8 heteroatoms. The van der Waals surface area contributed by atoms with Gasteiger partial charge in [-0.05, 0) is 6.42 Å².